The second-order valence-corrected chi connectivity index (χ2v) is 7.94. The summed E-state index contributed by atoms with van der Waals surface area (Å²) in [6.45, 7) is 3.31. The van der Waals surface area contributed by atoms with Crippen LogP contribution < -0.4 is 19.7 Å². The number of anilines is 1. The Morgan fingerprint density at radius 2 is 1.81 bits per heavy atom. The van der Waals surface area contributed by atoms with Gasteiger partial charge in [-0.3, -0.25) is 14.5 Å². The van der Waals surface area contributed by atoms with E-state index in [4.69, 9.17) is 24.2 Å². The molecule has 0 saturated carbocycles. The lowest BCUT2D eigenvalue weighted by molar-refractivity contribution is -0.146. The van der Waals surface area contributed by atoms with Gasteiger partial charge < -0.3 is 24.4 Å². The van der Waals surface area contributed by atoms with Crippen LogP contribution in [0.15, 0.2) is 12.1 Å². The third kappa shape index (κ3) is 4.40. The minimum atomic E-state index is -0.615. The van der Waals surface area contributed by atoms with E-state index in [9.17, 15) is 9.59 Å². The molecule has 1 atom stereocenters. The van der Waals surface area contributed by atoms with Gasteiger partial charge in [-0.25, -0.2) is 9.97 Å². The molecule has 10 heteroatoms. The molecule has 2 aliphatic heterocycles. The molecular weight excluding hydrogens is 414 g/mol. The van der Waals surface area contributed by atoms with Crippen molar-refractivity contribution in [2.75, 3.05) is 52.4 Å². The van der Waals surface area contributed by atoms with E-state index in [1.54, 1.807) is 14.2 Å². The lowest BCUT2D eigenvalue weighted by atomic mass is 10.1. The molecule has 2 saturated heterocycles. The average molecular weight is 444 g/mol. The van der Waals surface area contributed by atoms with Crippen molar-refractivity contribution in [3.63, 3.8) is 0 Å². The summed E-state index contributed by atoms with van der Waals surface area (Å²) in [5.41, 5.74) is 0.750. The summed E-state index contributed by atoms with van der Waals surface area (Å²) in [6, 6.07) is 3.16. The predicted octanol–water partition coefficient (Wildman–Crippen LogP) is 1.11. The number of aromatic nitrogens is 2. The van der Waals surface area contributed by atoms with Crippen molar-refractivity contribution >= 4 is 28.6 Å². The summed E-state index contributed by atoms with van der Waals surface area (Å²) in [5, 5.41) is 3.72. The lowest BCUT2D eigenvalue weighted by Crippen LogP contribution is -2.55. The summed E-state index contributed by atoms with van der Waals surface area (Å²) in [5.74, 6) is 2.06. The molecule has 0 radical (unpaired) electrons. The monoisotopic (exact) mass is 443 g/mol. The third-order valence-corrected chi connectivity index (χ3v) is 6.01. The van der Waals surface area contributed by atoms with E-state index in [0.29, 0.717) is 37.0 Å². The second kappa shape index (κ2) is 9.56. The molecule has 2 fully saturated rings. The molecule has 0 spiro atoms. The smallest absolute Gasteiger partial charge is 0.307 e. The molecule has 1 amide bonds. The summed E-state index contributed by atoms with van der Waals surface area (Å²) >= 11 is 0. The van der Waals surface area contributed by atoms with Crippen molar-refractivity contribution in [2.24, 2.45) is 0 Å². The number of nitrogens with one attached hydrogen (secondary N) is 1. The predicted molar refractivity (Wildman–Crippen MR) is 118 cm³/mol. The molecule has 3 heterocycles. The Morgan fingerprint density at radius 3 is 2.50 bits per heavy atom. The van der Waals surface area contributed by atoms with Gasteiger partial charge in [-0.05, 0) is 18.9 Å². The first-order chi connectivity index (χ1) is 15.5. The second-order valence-electron chi connectivity index (χ2n) is 7.94. The SMILES string of the molecule is COC(=O)CC1C(=O)NCCN1Cc1nc(N2CCCC2)c2cc(OC)c(OC)cc2n1. The number of carbonyl (C=O) groups is 2. The van der Waals surface area contributed by atoms with Crippen LogP contribution in [0.4, 0.5) is 5.82 Å². The minimum Gasteiger partial charge on any atom is -0.493 e. The molecule has 0 bridgehead atoms. The van der Waals surface area contributed by atoms with Gasteiger partial charge in [0, 0.05) is 37.6 Å². The van der Waals surface area contributed by atoms with Crippen LogP contribution in [0, 0.1) is 0 Å². The molecule has 172 valence electrons. The lowest BCUT2D eigenvalue weighted by Gasteiger charge is -2.34. The highest BCUT2D eigenvalue weighted by atomic mass is 16.5. The molecule has 2 aromatic rings. The van der Waals surface area contributed by atoms with E-state index in [2.05, 4.69) is 10.2 Å². The Labute approximate surface area is 186 Å². The number of rotatable bonds is 7. The molecule has 2 aliphatic rings. The van der Waals surface area contributed by atoms with Crippen LogP contribution in [0.5, 0.6) is 11.5 Å². The van der Waals surface area contributed by atoms with E-state index < -0.39 is 12.0 Å². The summed E-state index contributed by atoms with van der Waals surface area (Å²) in [4.78, 5) is 38.2. The Hall–Kier alpha value is -3.14. The van der Waals surface area contributed by atoms with Crippen LogP contribution in [-0.2, 0) is 20.9 Å². The highest BCUT2D eigenvalue weighted by molar-refractivity contribution is 5.92. The van der Waals surface area contributed by atoms with E-state index in [1.165, 1.54) is 7.11 Å². The number of ether oxygens (including phenoxy) is 3. The zero-order valence-electron chi connectivity index (χ0n) is 18.7. The van der Waals surface area contributed by atoms with E-state index in [-0.39, 0.29) is 12.3 Å². The van der Waals surface area contributed by atoms with Crippen LogP contribution in [0.2, 0.25) is 0 Å². The van der Waals surface area contributed by atoms with E-state index in [1.807, 2.05) is 17.0 Å². The van der Waals surface area contributed by atoms with Crippen LogP contribution in [0.3, 0.4) is 0 Å². The van der Waals surface area contributed by atoms with Crippen LogP contribution in [0.25, 0.3) is 10.9 Å². The van der Waals surface area contributed by atoms with Gasteiger partial charge in [0.25, 0.3) is 0 Å². The zero-order chi connectivity index (χ0) is 22.7. The van der Waals surface area contributed by atoms with Crippen molar-refractivity contribution in [3.05, 3.63) is 18.0 Å². The maximum atomic E-state index is 12.4. The number of benzene rings is 1. The molecule has 1 N–H and O–H groups in total. The van der Waals surface area contributed by atoms with Gasteiger partial charge in [0.1, 0.15) is 17.7 Å². The largest absolute Gasteiger partial charge is 0.493 e. The first-order valence-electron chi connectivity index (χ1n) is 10.8. The Balaban J connectivity index is 1.73. The molecule has 1 aromatic heterocycles. The highest BCUT2D eigenvalue weighted by Gasteiger charge is 2.33. The number of nitrogens with zero attached hydrogens (tertiary/aromatic N) is 4. The van der Waals surface area contributed by atoms with Crippen LogP contribution >= 0.6 is 0 Å². The molecular formula is C22H29N5O5. The third-order valence-electron chi connectivity index (χ3n) is 6.01. The Morgan fingerprint density at radius 1 is 1.09 bits per heavy atom. The van der Waals surface area contributed by atoms with Crippen LogP contribution in [0.1, 0.15) is 25.1 Å². The van der Waals surface area contributed by atoms with Crippen molar-refractivity contribution in [3.8, 4) is 11.5 Å². The number of esters is 1. The van der Waals surface area contributed by atoms with Crippen molar-refractivity contribution in [1.29, 1.82) is 0 Å². The molecule has 1 aromatic carbocycles. The van der Waals surface area contributed by atoms with Crippen molar-refractivity contribution < 1.29 is 23.8 Å². The number of hydrogen-bond donors (Lipinski definition) is 1. The first-order valence-corrected chi connectivity index (χ1v) is 10.8. The Bertz CT molecular complexity index is 1010. The van der Waals surface area contributed by atoms with Gasteiger partial charge in [0.15, 0.2) is 11.5 Å². The maximum Gasteiger partial charge on any atom is 0.307 e. The van der Waals surface area contributed by atoms with Gasteiger partial charge in [-0.1, -0.05) is 0 Å². The van der Waals surface area contributed by atoms with Gasteiger partial charge in [0.2, 0.25) is 5.91 Å². The number of carbonyl (C=O) groups excluding carboxylic acids is 2. The topological polar surface area (TPSA) is 106 Å². The number of piperazine rings is 1. The van der Waals surface area contributed by atoms with Crippen molar-refractivity contribution in [1.82, 2.24) is 20.2 Å². The summed E-state index contributed by atoms with van der Waals surface area (Å²) in [7, 11) is 4.53. The van der Waals surface area contributed by atoms with Gasteiger partial charge in [-0.2, -0.15) is 0 Å². The van der Waals surface area contributed by atoms with Gasteiger partial charge in [-0.15, -0.1) is 0 Å². The fraction of sp³-hybridized carbons (Fsp3) is 0.545. The number of hydrogen-bond acceptors (Lipinski definition) is 9. The summed E-state index contributed by atoms with van der Waals surface area (Å²) < 4.78 is 15.7. The fourth-order valence-electron chi connectivity index (χ4n) is 4.32. The Kier molecular flexibility index (Phi) is 6.59. The molecule has 32 heavy (non-hydrogen) atoms. The normalized spacial score (nSPS) is 19.2. The molecule has 1 unspecified atom stereocenters. The quantitative estimate of drug-likeness (QED) is 0.630. The molecule has 4 rings (SSSR count). The van der Waals surface area contributed by atoms with Crippen LogP contribution in [-0.4, -0.2) is 80.3 Å². The first kappa shape index (κ1) is 22.1. The number of amides is 1. The molecule has 10 nitrogen and oxygen atoms in total. The fourth-order valence-corrected chi connectivity index (χ4v) is 4.32. The minimum absolute atomic E-state index is 0.0140. The van der Waals surface area contributed by atoms with E-state index >= 15 is 0 Å². The van der Waals surface area contributed by atoms with Gasteiger partial charge in [0.05, 0.1) is 39.8 Å². The highest BCUT2D eigenvalue weighted by Crippen LogP contribution is 2.36. The molecule has 0 aliphatic carbocycles. The zero-order valence-corrected chi connectivity index (χ0v) is 18.7. The average Bonchev–Trinajstić information content (AvgIpc) is 3.34. The maximum absolute atomic E-state index is 12.4. The van der Waals surface area contributed by atoms with E-state index in [0.717, 1.165) is 42.7 Å². The summed E-state index contributed by atoms with van der Waals surface area (Å²) in [6.07, 6.45) is 2.21. The van der Waals surface area contributed by atoms with Gasteiger partial charge >= 0.3 is 5.97 Å². The van der Waals surface area contributed by atoms with Crippen molar-refractivity contribution in [2.45, 2.75) is 31.8 Å². The number of methoxy groups -OCH3 is 3. The standard InChI is InChI=1S/C22H29N5O5/c1-30-17-10-14-15(11-18(17)31-2)24-19(25-21(14)26-7-4-5-8-26)13-27-9-6-23-22(29)16(27)12-20(28)32-3/h10-11,16H,4-9,12-13H2,1-3H3,(H,23,29). The number of fused-ring (bicyclic) bond motifs is 1.